The summed E-state index contributed by atoms with van der Waals surface area (Å²) in [6, 6.07) is 0. The van der Waals surface area contributed by atoms with Crippen molar-refractivity contribution in [3.63, 3.8) is 0 Å². The number of rotatable bonds is 72. The van der Waals surface area contributed by atoms with Gasteiger partial charge in [0.2, 0.25) is 0 Å². The Kier molecular flexibility index (Phi) is 71.6. The van der Waals surface area contributed by atoms with Crippen LogP contribution in [0.1, 0.15) is 285 Å². The Hall–Kier alpha value is -5.58. The molecule has 0 aromatic heterocycles. The van der Waals surface area contributed by atoms with Crippen molar-refractivity contribution < 1.29 is 80.2 Å². The van der Waals surface area contributed by atoms with Crippen LogP contribution < -0.4 is 0 Å². The fourth-order valence-electron chi connectivity index (χ4n) is 9.80. The highest BCUT2D eigenvalue weighted by Crippen LogP contribution is 2.45. The van der Waals surface area contributed by atoms with E-state index >= 15 is 0 Å². The van der Waals surface area contributed by atoms with Crippen LogP contribution in [-0.4, -0.2) is 96.7 Å². The third-order valence-electron chi connectivity index (χ3n) is 15.7. The second-order valence-corrected chi connectivity index (χ2v) is 28.5. The molecular formula is C85H138O17P2. The van der Waals surface area contributed by atoms with Crippen LogP contribution in [0.15, 0.2) is 170 Å². The summed E-state index contributed by atoms with van der Waals surface area (Å²) in [6.45, 7) is 4.38. The second kappa shape index (κ2) is 75.6. The molecule has 590 valence electrons. The van der Waals surface area contributed by atoms with Crippen LogP contribution in [0.3, 0.4) is 0 Å². The van der Waals surface area contributed by atoms with Crippen molar-refractivity contribution in [1.29, 1.82) is 0 Å². The molecule has 0 saturated heterocycles. The molecule has 0 radical (unpaired) electrons. The Morgan fingerprint density at radius 3 is 0.933 bits per heavy atom. The van der Waals surface area contributed by atoms with Gasteiger partial charge < -0.3 is 33.8 Å². The summed E-state index contributed by atoms with van der Waals surface area (Å²) in [6.07, 6.45) is 89.6. The number of hydrogen-bond donors (Lipinski definition) is 3. The summed E-state index contributed by atoms with van der Waals surface area (Å²) in [4.78, 5) is 72.8. The maximum atomic E-state index is 13.1. The van der Waals surface area contributed by atoms with Crippen LogP contribution in [0.5, 0.6) is 0 Å². The first-order valence-corrected chi connectivity index (χ1v) is 42.4. The molecule has 0 aliphatic carbocycles. The standard InChI is InChI=1S/C85H138O17P2/c1-5-9-13-17-21-25-29-32-35-37-39-41-44-46-50-53-57-61-65-69-82(87)95-75-80(101-84(89)71-67-63-59-55-49-28-24-20-16-12-8-4)77-99-103(91,92)97-73-79(86)74-98-104(93,94)100-78-81(102-85(90)72-68-64-60-56-52-48-43-34-31-27-23-19-15-11-7-3)76-96-83(88)70-66-62-58-54-51-47-45-42-40-38-36-33-30-26-22-18-14-10-6-2/h10-11,14-15,21-23,25-27,32-36,39-43,47,51-52,56,58,62,64,68,79-81,86H,5-9,12-13,16-20,24,28-31,37-38,44-46,48-50,53-55,57,59-61,63,65-67,69-78H2,1-4H3,(H,91,92)(H,93,94)/b14-10-,15-11-,25-21-,26-22-,27-23-,35-32-,36-33-,41-39-,42-40-,43-34-,51-47-,56-52-,62-58-,68-64-. The quantitative estimate of drug-likeness (QED) is 0.0169. The molecule has 0 aromatic rings. The Morgan fingerprint density at radius 2 is 0.558 bits per heavy atom. The number of allylic oxidation sites excluding steroid dienone is 27. The lowest BCUT2D eigenvalue weighted by molar-refractivity contribution is -0.161. The summed E-state index contributed by atoms with van der Waals surface area (Å²) in [7, 11) is -10.0. The van der Waals surface area contributed by atoms with Crippen molar-refractivity contribution >= 4 is 39.5 Å². The Bertz CT molecular complexity index is 2640. The van der Waals surface area contributed by atoms with Crippen LogP contribution in [-0.2, 0) is 65.4 Å². The zero-order valence-electron chi connectivity index (χ0n) is 64.4. The minimum absolute atomic E-state index is 0.0108. The molecule has 3 N–H and O–H groups in total. The number of carbonyl (C=O) groups excluding carboxylic acids is 4. The van der Waals surface area contributed by atoms with E-state index in [1.165, 1.54) is 57.8 Å². The Morgan fingerprint density at radius 1 is 0.288 bits per heavy atom. The first-order valence-electron chi connectivity index (χ1n) is 39.4. The van der Waals surface area contributed by atoms with E-state index in [-0.39, 0.29) is 25.7 Å². The highest BCUT2D eigenvalue weighted by Gasteiger charge is 2.30. The molecule has 0 aliphatic heterocycles. The van der Waals surface area contributed by atoms with E-state index in [1.807, 2.05) is 30.4 Å². The molecule has 5 atom stereocenters. The van der Waals surface area contributed by atoms with E-state index in [4.69, 9.17) is 37.0 Å². The van der Waals surface area contributed by atoms with Crippen LogP contribution in [0.25, 0.3) is 0 Å². The third-order valence-corrected chi connectivity index (χ3v) is 17.6. The molecule has 17 nitrogen and oxygen atoms in total. The minimum Gasteiger partial charge on any atom is -0.462 e. The molecule has 0 heterocycles. The van der Waals surface area contributed by atoms with Crippen molar-refractivity contribution in [2.24, 2.45) is 0 Å². The number of phosphoric ester groups is 2. The molecule has 0 fully saturated rings. The lowest BCUT2D eigenvalue weighted by Crippen LogP contribution is -2.30. The smallest absolute Gasteiger partial charge is 0.462 e. The van der Waals surface area contributed by atoms with Gasteiger partial charge >= 0.3 is 39.5 Å². The van der Waals surface area contributed by atoms with Gasteiger partial charge in [0, 0.05) is 19.3 Å². The Balaban J connectivity index is 5.46. The SMILES string of the molecule is CC/C=C\C/C=C\C/C=C\C/C=C\C/C=C\C/C=C\CCC(=O)OCC(COP(=O)(O)OCC(O)COP(=O)(O)OCC(COC(=O)CCCCCCCC/C=C\C/C=C\C/C=C\CCCCC)OC(=O)CCCCCCCCCCCCC)OC(=O)C/C=C\C/C=C\C/C=C\C/C=C\C/C=C\CC. The third kappa shape index (κ3) is 74.7. The van der Waals surface area contributed by atoms with Gasteiger partial charge in [-0.3, -0.25) is 37.3 Å². The lowest BCUT2D eigenvalue weighted by atomic mass is 10.1. The van der Waals surface area contributed by atoms with Crippen molar-refractivity contribution in [3.05, 3.63) is 170 Å². The summed E-state index contributed by atoms with van der Waals surface area (Å²) >= 11 is 0. The molecule has 0 rings (SSSR count). The van der Waals surface area contributed by atoms with E-state index in [1.54, 1.807) is 12.2 Å². The van der Waals surface area contributed by atoms with Crippen molar-refractivity contribution in [2.45, 2.75) is 303 Å². The van der Waals surface area contributed by atoms with E-state index in [0.717, 1.165) is 141 Å². The van der Waals surface area contributed by atoms with E-state index in [0.29, 0.717) is 32.1 Å². The molecule has 0 aliphatic rings. The highest BCUT2D eigenvalue weighted by atomic mass is 31.2. The van der Waals surface area contributed by atoms with Crippen LogP contribution in [0, 0.1) is 0 Å². The van der Waals surface area contributed by atoms with Gasteiger partial charge in [0.15, 0.2) is 12.2 Å². The predicted molar refractivity (Wildman–Crippen MR) is 426 cm³/mol. The van der Waals surface area contributed by atoms with E-state index in [9.17, 15) is 43.2 Å². The van der Waals surface area contributed by atoms with Gasteiger partial charge in [-0.2, -0.15) is 0 Å². The number of phosphoric acid groups is 2. The summed E-state index contributed by atoms with van der Waals surface area (Å²) in [5.41, 5.74) is 0. The van der Waals surface area contributed by atoms with Crippen molar-refractivity contribution in [2.75, 3.05) is 39.6 Å². The maximum Gasteiger partial charge on any atom is 0.472 e. The molecule has 104 heavy (non-hydrogen) atoms. The monoisotopic (exact) mass is 1490 g/mol. The fourth-order valence-corrected chi connectivity index (χ4v) is 11.4. The van der Waals surface area contributed by atoms with Gasteiger partial charge in [-0.15, -0.1) is 0 Å². The lowest BCUT2D eigenvalue weighted by Gasteiger charge is -2.21. The minimum atomic E-state index is -5.02. The van der Waals surface area contributed by atoms with Gasteiger partial charge in [-0.05, 0) is 128 Å². The average molecular weight is 1490 g/mol. The number of hydrogen-bond acceptors (Lipinski definition) is 15. The number of ether oxygens (including phenoxy) is 4. The van der Waals surface area contributed by atoms with Crippen LogP contribution in [0.4, 0.5) is 0 Å². The first-order chi connectivity index (χ1) is 50.7. The van der Waals surface area contributed by atoms with Crippen molar-refractivity contribution in [1.82, 2.24) is 0 Å². The van der Waals surface area contributed by atoms with Gasteiger partial charge in [0.25, 0.3) is 0 Å². The summed E-state index contributed by atoms with van der Waals surface area (Å²) in [5.74, 6) is -2.45. The molecule has 0 spiro atoms. The van der Waals surface area contributed by atoms with E-state index < -0.39 is 97.5 Å². The topological polar surface area (TPSA) is 237 Å². The van der Waals surface area contributed by atoms with Crippen LogP contribution >= 0.6 is 15.6 Å². The van der Waals surface area contributed by atoms with Crippen LogP contribution in [0.2, 0.25) is 0 Å². The molecule has 5 unspecified atom stereocenters. The normalized spacial score (nSPS) is 14.8. The zero-order chi connectivity index (χ0) is 76.0. The van der Waals surface area contributed by atoms with Gasteiger partial charge in [0.05, 0.1) is 32.8 Å². The molecule has 0 amide bonds. The molecule has 0 aromatic carbocycles. The number of carbonyl (C=O) groups is 4. The maximum absolute atomic E-state index is 13.1. The second-order valence-electron chi connectivity index (χ2n) is 25.6. The predicted octanol–water partition coefficient (Wildman–Crippen LogP) is 23.0. The first kappa shape index (κ1) is 98.4. The number of aliphatic hydroxyl groups is 1. The largest absolute Gasteiger partial charge is 0.472 e. The molecular weight excluding hydrogens is 1350 g/mol. The molecule has 0 bridgehead atoms. The average Bonchev–Trinajstić information content (AvgIpc) is 0.929. The summed E-state index contributed by atoms with van der Waals surface area (Å²) in [5, 5.41) is 10.6. The zero-order valence-corrected chi connectivity index (χ0v) is 66.2. The fraction of sp³-hybridized carbons (Fsp3) is 0.624. The molecule has 0 saturated carbocycles. The summed E-state index contributed by atoms with van der Waals surface area (Å²) < 4.78 is 68.3. The van der Waals surface area contributed by atoms with Gasteiger partial charge in [0.1, 0.15) is 19.3 Å². The number of esters is 4. The van der Waals surface area contributed by atoms with Crippen molar-refractivity contribution in [3.8, 4) is 0 Å². The number of unbranched alkanes of at least 4 members (excludes halogenated alkanes) is 19. The van der Waals surface area contributed by atoms with E-state index in [2.05, 4.69) is 155 Å². The van der Waals surface area contributed by atoms with Gasteiger partial charge in [-0.25, -0.2) is 9.13 Å². The number of aliphatic hydroxyl groups excluding tert-OH is 1. The van der Waals surface area contributed by atoms with Gasteiger partial charge in [-0.1, -0.05) is 301 Å². The highest BCUT2D eigenvalue weighted by molar-refractivity contribution is 7.47. The molecule has 19 heteroatoms. The Labute approximate surface area is 629 Å².